The van der Waals surface area contributed by atoms with Gasteiger partial charge >= 0.3 is 12.1 Å². The zero-order valence-corrected chi connectivity index (χ0v) is 20.0. The van der Waals surface area contributed by atoms with E-state index in [2.05, 4.69) is 17.4 Å². The molecule has 1 aliphatic carbocycles. The number of likely N-dealkylation sites (N-methyl/N-ethyl adjacent to an activating group) is 1. The number of hydrogen-bond donors (Lipinski definition) is 2. The number of amides is 2. The summed E-state index contributed by atoms with van der Waals surface area (Å²) in [4.78, 5) is 40.2. The average Bonchev–Trinajstić information content (AvgIpc) is 3.42. The normalized spacial score (nSPS) is 18.7. The molecule has 2 amide bonds. The Labute approximate surface area is 204 Å². The van der Waals surface area contributed by atoms with Gasteiger partial charge in [-0.2, -0.15) is 0 Å². The van der Waals surface area contributed by atoms with Crippen molar-refractivity contribution in [2.75, 3.05) is 46.9 Å². The Hall–Kier alpha value is -3.43. The third-order valence-electron chi connectivity index (χ3n) is 6.44. The summed E-state index contributed by atoms with van der Waals surface area (Å²) in [6.45, 7) is 0.787. The molecule has 4 rings (SSSR count). The molecule has 2 aromatic carbocycles. The largest absolute Gasteiger partial charge is 0.480 e. The van der Waals surface area contributed by atoms with E-state index in [0.29, 0.717) is 19.6 Å². The molecule has 0 aromatic heterocycles. The lowest BCUT2D eigenvalue weighted by atomic mass is 9.98. The number of nitrogens with one attached hydrogen (secondary N) is 1. The molecule has 0 radical (unpaired) electrons. The minimum atomic E-state index is -1.10. The quantitative estimate of drug-likeness (QED) is 0.565. The summed E-state index contributed by atoms with van der Waals surface area (Å²) in [6, 6.07) is 15.6. The van der Waals surface area contributed by atoms with Crippen LogP contribution in [0.3, 0.4) is 0 Å². The van der Waals surface area contributed by atoms with Crippen molar-refractivity contribution < 1.29 is 29.0 Å². The lowest BCUT2D eigenvalue weighted by Gasteiger charge is -2.27. The van der Waals surface area contributed by atoms with Crippen molar-refractivity contribution in [3.05, 3.63) is 59.7 Å². The first-order valence-electron chi connectivity index (χ1n) is 11.7. The second-order valence-corrected chi connectivity index (χ2v) is 9.11. The van der Waals surface area contributed by atoms with E-state index in [9.17, 15) is 19.5 Å². The molecule has 1 saturated heterocycles. The number of hydrogen-bond acceptors (Lipinski definition) is 6. The highest BCUT2D eigenvalue weighted by Crippen LogP contribution is 2.44. The number of alkyl carbamates (subject to hydrolysis) is 1. The fourth-order valence-corrected chi connectivity index (χ4v) is 4.70. The van der Waals surface area contributed by atoms with E-state index in [1.54, 1.807) is 0 Å². The van der Waals surface area contributed by atoms with E-state index >= 15 is 0 Å². The van der Waals surface area contributed by atoms with Gasteiger partial charge in [0.25, 0.3) is 5.91 Å². The maximum atomic E-state index is 13.1. The maximum absolute atomic E-state index is 13.1. The Bertz CT molecular complexity index is 1040. The number of aliphatic carboxylic acids is 1. The number of ether oxygens (including phenoxy) is 2. The molecule has 0 bridgehead atoms. The van der Waals surface area contributed by atoms with Gasteiger partial charge in [-0.1, -0.05) is 48.5 Å². The summed E-state index contributed by atoms with van der Waals surface area (Å²) >= 11 is 0. The van der Waals surface area contributed by atoms with E-state index in [-0.39, 0.29) is 19.1 Å². The topological polar surface area (TPSA) is 108 Å². The number of benzene rings is 2. The monoisotopic (exact) mass is 481 g/mol. The Balaban J connectivity index is 1.38. The summed E-state index contributed by atoms with van der Waals surface area (Å²) in [6.07, 6.45) is -1.13. The first-order valence-corrected chi connectivity index (χ1v) is 11.7. The molecule has 2 N–H and O–H groups in total. The summed E-state index contributed by atoms with van der Waals surface area (Å²) in [5.74, 6) is -1.62. The predicted octanol–water partition coefficient (Wildman–Crippen LogP) is 2.16. The van der Waals surface area contributed by atoms with Crippen molar-refractivity contribution in [1.82, 2.24) is 15.1 Å². The van der Waals surface area contributed by atoms with Crippen molar-refractivity contribution in [3.8, 4) is 11.1 Å². The van der Waals surface area contributed by atoms with E-state index < -0.39 is 36.7 Å². The van der Waals surface area contributed by atoms with Crippen molar-refractivity contribution in [1.29, 1.82) is 0 Å². The first-order chi connectivity index (χ1) is 16.8. The molecule has 0 spiro atoms. The molecule has 2 atom stereocenters. The molecule has 0 saturated carbocycles. The van der Waals surface area contributed by atoms with Gasteiger partial charge in [0.2, 0.25) is 0 Å². The van der Waals surface area contributed by atoms with Crippen LogP contribution in [-0.4, -0.2) is 92.0 Å². The van der Waals surface area contributed by atoms with Crippen molar-refractivity contribution in [2.45, 2.75) is 24.5 Å². The van der Waals surface area contributed by atoms with Gasteiger partial charge < -0.3 is 29.7 Å². The van der Waals surface area contributed by atoms with Gasteiger partial charge in [0.05, 0.1) is 6.04 Å². The van der Waals surface area contributed by atoms with Gasteiger partial charge in [-0.05, 0) is 42.8 Å². The highest BCUT2D eigenvalue weighted by molar-refractivity contribution is 5.86. The molecular formula is C26H31N3O6. The molecule has 1 fully saturated rings. The summed E-state index contributed by atoms with van der Waals surface area (Å²) in [5.41, 5.74) is 4.51. The number of fused-ring (bicyclic) bond motifs is 3. The number of carbonyl (C=O) groups excluding carboxylic acids is 2. The van der Waals surface area contributed by atoms with Crippen LogP contribution in [0.5, 0.6) is 0 Å². The molecule has 1 heterocycles. The molecule has 35 heavy (non-hydrogen) atoms. The Morgan fingerprint density at radius 2 is 1.66 bits per heavy atom. The number of carbonyl (C=O) groups is 3. The minimum absolute atomic E-state index is 0.0671. The van der Waals surface area contributed by atoms with Crippen molar-refractivity contribution >= 4 is 18.0 Å². The zero-order valence-electron chi connectivity index (χ0n) is 20.0. The number of nitrogens with zero attached hydrogens (tertiary/aromatic N) is 2. The van der Waals surface area contributed by atoms with Gasteiger partial charge in [0.15, 0.2) is 6.10 Å². The van der Waals surface area contributed by atoms with Gasteiger partial charge in [0.1, 0.15) is 13.2 Å². The molecule has 9 nitrogen and oxygen atoms in total. The van der Waals surface area contributed by atoms with Crippen LogP contribution in [0, 0.1) is 0 Å². The summed E-state index contributed by atoms with van der Waals surface area (Å²) in [5, 5.41) is 12.0. The molecule has 2 aromatic rings. The van der Waals surface area contributed by atoms with Crippen LogP contribution in [0.25, 0.3) is 11.1 Å². The smallest absolute Gasteiger partial charge is 0.407 e. The van der Waals surface area contributed by atoms with Gasteiger partial charge in [-0.15, -0.1) is 0 Å². The second kappa shape index (κ2) is 10.9. The van der Waals surface area contributed by atoms with Crippen molar-refractivity contribution in [2.24, 2.45) is 0 Å². The molecular weight excluding hydrogens is 450 g/mol. The van der Waals surface area contributed by atoms with E-state index in [1.165, 1.54) is 4.90 Å². The Kier molecular flexibility index (Phi) is 7.67. The summed E-state index contributed by atoms with van der Waals surface area (Å²) in [7, 11) is 3.69. The number of carboxylic acid groups (broad SMARTS) is 1. The summed E-state index contributed by atoms with van der Waals surface area (Å²) < 4.78 is 11.2. The SMILES string of the molecule is CN(C)CCN(CC(=O)O)C(=O)[C@H]1OCC[C@H]1NC(=O)OCC1c2ccccc2-c2ccccc21. The predicted molar refractivity (Wildman–Crippen MR) is 129 cm³/mol. The van der Waals surface area contributed by atoms with Crippen LogP contribution in [0.1, 0.15) is 23.5 Å². The first kappa shape index (κ1) is 24.7. The Morgan fingerprint density at radius 1 is 1.03 bits per heavy atom. The Morgan fingerprint density at radius 3 is 2.26 bits per heavy atom. The van der Waals surface area contributed by atoms with E-state index in [1.807, 2.05) is 55.4 Å². The molecule has 186 valence electrons. The number of rotatable bonds is 9. The van der Waals surface area contributed by atoms with Gasteiger partial charge in [-0.25, -0.2) is 4.79 Å². The fourth-order valence-electron chi connectivity index (χ4n) is 4.70. The van der Waals surface area contributed by atoms with Gasteiger partial charge in [-0.3, -0.25) is 9.59 Å². The molecule has 1 aliphatic heterocycles. The minimum Gasteiger partial charge on any atom is -0.480 e. The average molecular weight is 482 g/mol. The van der Waals surface area contributed by atoms with E-state index in [0.717, 1.165) is 22.3 Å². The highest BCUT2D eigenvalue weighted by Gasteiger charge is 2.39. The zero-order chi connectivity index (χ0) is 24.9. The van der Waals surface area contributed by atoms with Crippen molar-refractivity contribution in [3.63, 3.8) is 0 Å². The maximum Gasteiger partial charge on any atom is 0.407 e. The lowest BCUT2D eigenvalue weighted by molar-refractivity contribution is -0.149. The van der Waals surface area contributed by atoms with Crippen LogP contribution in [0.4, 0.5) is 4.79 Å². The van der Waals surface area contributed by atoms with Crippen LogP contribution in [-0.2, 0) is 19.1 Å². The molecule has 0 unspecified atom stereocenters. The van der Waals surface area contributed by atoms with E-state index in [4.69, 9.17) is 9.47 Å². The highest BCUT2D eigenvalue weighted by atomic mass is 16.6. The van der Waals surface area contributed by atoms with Crippen LogP contribution >= 0.6 is 0 Å². The van der Waals surface area contributed by atoms with Crippen LogP contribution < -0.4 is 5.32 Å². The standard InChI is InChI=1S/C26H31N3O6/c1-28(2)12-13-29(15-23(30)31)25(32)24-22(11-14-34-24)27-26(33)35-16-21-19-9-5-3-7-17(19)18-8-4-6-10-20(18)21/h3-10,21-22,24H,11-16H2,1-2H3,(H,27,33)(H,30,31)/t22-,24+/m1/s1. The second-order valence-electron chi connectivity index (χ2n) is 9.11. The molecule has 2 aliphatic rings. The fraction of sp³-hybridized carbons (Fsp3) is 0.423. The van der Waals surface area contributed by atoms with Crippen LogP contribution in [0.15, 0.2) is 48.5 Å². The van der Waals surface area contributed by atoms with Crippen LogP contribution in [0.2, 0.25) is 0 Å². The molecule has 9 heteroatoms. The third-order valence-corrected chi connectivity index (χ3v) is 6.44. The number of carboxylic acids is 1. The third kappa shape index (κ3) is 5.63. The van der Waals surface area contributed by atoms with Gasteiger partial charge in [0, 0.05) is 25.6 Å². The lowest BCUT2D eigenvalue weighted by Crippen LogP contribution is -2.52.